The molecular weight excluding hydrogens is 228 g/mol. The van der Waals surface area contributed by atoms with Crippen molar-refractivity contribution in [3.05, 3.63) is 0 Å². The van der Waals surface area contributed by atoms with Gasteiger partial charge in [0.25, 0.3) is 0 Å². The third-order valence-corrected chi connectivity index (χ3v) is 4.67. The highest BCUT2D eigenvalue weighted by Gasteiger charge is 2.41. The molecule has 3 unspecified atom stereocenters. The molecule has 0 aromatic carbocycles. The van der Waals surface area contributed by atoms with Crippen LogP contribution in [0, 0.1) is 11.8 Å². The molecule has 4 heteroatoms. The van der Waals surface area contributed by atoms with Gasteiger partial charge < -0.3 is 15.3 Å². The lowest BCUT2D eigenvalue weighted by atomic mass is 9.85. The number of carbonyl (C=O) groups is 1. The molecule has 2 saturated heterocycles. The van der Waals surface area contributed by atoms with E-state index in [1.54, 1.807) is 0 Å². The van der Waals surface area contributed by atoms with Crippen molar-refractivity contribution in [2.24, 2.45) is 11.8 Å². The van der Waals surface area contributed by atoms with E-state index in [-0.39, 0.29) is 0 Å². The molecule has 0 spiro atoms. The van der Waals surface area contributed by atoms with Crippen LogP contribution in [0.3, 0.4) is 0 Å². The molecule has 2 rings (SSSR count). The van der Waals surface area contributed by atoms with E-state index in [4.69, 9.17) is 0 Å². The molecule has 2 N–H and O–H groups in total. The van der Waals surface area contributed by atoms with Crippen LogP contribution in [0.5, 0.6) is 0 Å². The molecule has 2 fully saturated rings. The van der Waals surface area contributed by atoms with Crippen molar-refractivity contribution < 1.29 is 9.90 Å². The molecule has 2 aliphatic heterocycles. The second-order valence-corrected chi connectivity index (χ2v) is 6.23. The van der Waals surface area contributed by atoms with Crippen LogP contribution in [0.25, 0.3) is 0 Å². The van der Waals surface area contributed by atoms with Crippen molar-refractivity contribution in [2.75, 3.05) is 26.2 Å². The summed E-state index contributed by atoms with van der Waals surface area (Å²) in [5, 5.41) is 12.4. The van der Waals surface area contributed by atoms with Crippen molar-refractivity contribution in [2.45, 2.75) is 45.1 Å². The largest absolute Gasteiger partial charge is 0.480 e. The van der Waals surface area contributed by atoms with Gasteiger partial charge >= 0.3 is 5.97 Å². The van der Waals surface area contributed by atoms with Crippen LogP contribution in [0.4, 0.5) is 0 Å². The zero-order chi connectivity index (χ0) is 13.2. The van der Waals surface area contributed by atoms with Crippen LogP contribution in [0.2, 0.25) is 0 Å². The van der Waals surface area contributed by atoms with Crippen molar-refractivity contribution >= 4 is 5.97 Å². The molecule has 0 saturated carbocycles. The predicted octanol–water partition coefficient (Wildman–Crippen LogP) is 1.56. The number of nitrogens with one attached hydrogen (secondary N) is 1. The number of rotatable bonds is 4. The minimum Gasteiger partial charge on any atom is -0.480 e. The van der Waals surface area contributed by atoms with Gasteiger partial charge in [0.15, 0.2) is 0 Å². The molecule has 0 aromatic rings. The van der Waals surface area contributed by atoms with Crippen molar-refractivity contribution in [1.82, 2.24) is 10.2 Å². The third-order valence-electron chi connectivity index (χ3n) is 4.67. The molecular formula is C14H26N2O2. The Balaban J connectivity index is 1.82. The van der Waals surface area contributed by atoms with Gasteiger partial charge in [-0.15, -0.1) is 0 Å². The molecule has 0 aromatic heterocycles. The minimum absolute atomic E-state index is 0.535. The van der Waals surface area contributed by atoms with Gasteiger partial charge in [-0.25, -0.2) is 0 Å². The van der Waals surface area contributed by atoms with E-state index in [1.165, 1.54) is 32.4 Å². The maximum Gasteiger partial charge on any atom is 0.323 e. The van der Waals surface area contributed by atoms with Gasteiger partial charge in [0.2, 0.25) is 0 Å². The molecule has 2 heterocycles. The number of nitrogens with zero attached hydrogens (tertiary/aromatic N) is 1. The van der Waals surface area contributed by atoms with Crippen LogP contribution >= 0.6 is 0 Å². The van der Waals surface area contributed by atoms with E-state index in [0.717, 1.165) is 25.4 Å². The molecule has 4 nitrogen and oxygen atoms in total. The predicted molar refractivity (Wildman–Crippen MR) is 71.6 cm³/mol. The van der Waals surface area contributed by atoms with Crippen LogP contribution in [0.1, 0.15) is 39.5 Å². The SMILES string of the molecule is CCN1CCCC(CC2CNC(C)(C(=O)O)C2)C1. The quantitative estimate of drug-likeness (QED) is 0.799. The Labute approximate surface area is 110 Å². The number of carboxylic acid groups (broad SMARTS) is 1. The summed E-state index contributed by atoms with van der Waals surface area (Å²) in [7, 11) is 0. The van der Waals surface area contributed by atoms with Crippen molar-refractivity contribution in [3.63, 3.8) is 0 Å². The Hall–Kier alpha value is -0.610. The summed E-state index contributed by atoms with van der Waals surface area (Å²) in [6.07, 6.45) is 4.59. The average Bonchev–Trinajstić information content (AvgIpc) is 2.72. The topological polar surface area (TPSA) is 52.6 Å². The summed E-state index contributed by atoms with van der Waals surface area (Å²) in [5.74, 6) is 0.596. The summed E-state index contributed by atoms with van der Waals surface area (Å²) in [4.78, 5) is 13.7. The van der Waals surface area contributed by atoms with Crippen LogP contribution in [0.15, 0.2) is 0 Å². The van der Waals surface area contributed by atoms with Gasteiger partial charge in [0.05, 0.1) is 0 Å². The molecule has 0 radical (unpaired) electrons. The first-order valence-corrected chi connectivity index (χ1v) is 7.24. The lowest BCUT2D eigenvalue weighted by Gasteiger charge is -2.33. The van der Waals surface area contributed by atoms with Gasteiger partial charge in [-0.05, 0) is 64.1 Å². The molecule has 3 atom stereocenters. The first-order valence-electron chi connectivity index (χ1n) is 7.24. The van der Waals surface area contributed by atoms with Gasteiger partial charge in [0.1, 0.15) is 5.54 Å². The van der Waals surface area contributed by atoms with E-state index >= 15 is 0 Å². The summed E-state index contributed by atoms with van der Waals surface area (Å²) in [6.45, 7) is 8.49. The maximum absolute atomic E-state index is 11.2. The Bertz CT molecular complexity index is 308. The zero-order valence-corrected chi connectivity index (χ0v) is 11.6. The second kappa shape index (κ2) is 5.57. The normalized spacial score (nSPS) is 37.9. The summed E-state index contributed by atoms with van der Waals surface area (Å²) >= 11 is 0. The number of hydrogen-bond acceptors (Lipinski definition) is 3. The molecule has 0 bridgehead atoms. The third kappa shape index (κ3) is 3.04. The smallest absolute Gasteiger partial charge is 0.323 e. The highest BCUT2D eigenvalue weighted by Crippen LogP contribution is 2.31. The lowest BCUT2D eigenvalue weighted by molar-refractivity contribution is -0.143. The summed E-state index contributed by atoms with van der Waals surface area (Å²) in [6, 6.07) is 0. The van der Waals surface area contributed by atoms with E-state index < -0.39 is 11.5 Å². The van der Waals surface area contributed by atoms with E-state index in [1.807, 2.05) is 6.92 Å². The van der Waals surface area contributed by atoms with Crippen LogP contribution in [-0.4, -0.2) is 47.7 Å². The first kappa shape index (κ1) is 13.8. The van der Waals surface area contributed by atoms with Gasteiger partial charge in [0, 0.05) is 6.54 Å². The van der Waals surface area contributed by atoms with E-state index in [9.17, 15) is 9.90 Å². The molecule has 2 aliphatic rings. The number of piperidine rings is 1. The van der Waals surface area contributed by atoms with Crippen LogP contribution < -0.4 is 5.32 Å². The Kier molecular flexibility index (Phi) is 4.28. The second-order valence-electron chi connectivity index (χ2n) is 6.23. The Morgan fingerprint density at radius 2 is 2.28 bits per heavy atom. The van der Waals surface area contributed by atoms with E-state index in [2.05, 4.69) is 17.1 Å². The van der Waals surface area contributed by atoms with Gasteiger partial charge in [-0.2, -0.15) is 0 Å². The van der Waals surface area contributed by atoms with E-state index in [0.29, 0.717) is 5.92 Å². The minimum atomic E-state index is -0.705. The van der Waals surface area contributed by atoms with Crippen LogP contribution in [-0.2, 0) is 4.79 Å². The Morgan fingerprint density at radius 1 is 1.50 bits per heavy atom. The lowest BCUT2D eigenvalue weighted by Crippen LogP contribution is -2.44. The summed E-state index contributed by atoms with van der Waals surface area (Å²) in [5.41, 5.74) is -0.691. The number of carboxylic acids is 1. The molecule has 0 aliphatic carbocycles. The Morgan fingerprint density at radius 3 is 2.89 bits per heavy atom. The number of likely N-dealkylation sites (tertiary alicyclic amines) is 1. The maximum atomic E-state index is 11.2. The number of aliphatic carboxylic acids is 1. The van der Waals surface area contributed by atoms with Crippen molar-refractivity contribution in [3.8, 4) is 0 Å². The molecule has 104 valence electrons. The van der Waals surface area contributed by atoms with Gasteiger partial charge in [-0.3, -0.25) is 4.79 Å². The standard InChI is InChI=1S/C14H26N2O2/c1-3-16-6-4-5-11(10-16)7-12-8-14(2,13(17)18)15-9-12/h11-12,15H,3-10H2,1-2H3,(H,17,18). The fraction of sp³-hybridized carbons (Fsp3) is 0.929. The zero-order valence-electron chi connectivity index (χ0n) is 11.6. The monoisotopic (exact) mass is 254 g/mol. The highest BCUT2D eigenvalue weighted by molar-refractivity contribution is 5.78. The van der Waals surface area contributed by atoms with Gasteiger partial charge in [-0.1, -0.05) is 6.92 Å². The molecule has 18 heavy (non-hydrogen) atoms. The fourth-order valence-electron chi connectivity index (χ4n) is 3.52. The van der Waals surface area contributed by atoms with Crippen molar-refractivity contribution in [1.29, 1.82) is 0 Å². The number of hydrogen-bond donors (Lipinski definition) is 2. The average molecular weight is 254 g/mol. The fourth-order valence-corrected chi connectivity index (χ4v) is 3.52. The summed E-state index contributed by atoms with van der Waals surface area (Å²) < 4.78 is 0. The molecule has 0 amide bonds. The highest BCUT2D eigenvalue weighted by atomic mass is 16.4. The first-order chi connectivity index (χ1) is 8.53.